The molecule has 188 valence electrons. The molecule has 0 aromatic heterocycles. The molecule has 1 saturated heterocycles. The third-order valence-corrected chi connectivity index (χ3v) is 6.38. The van der Waals surface area contributed by atoms with Crippen LogP contribution >= 0.6 is 11.8 Å². The number of ether oxygens (including phenoxy) is 2. The molecule has 0 spiro atoms. The van der Waals surface area contributed by atoms with Crippen molar-refractivity contribution in [2.24, 2.45) is 0 Å². The summed E-state index contributed by atoms with van der Waals surface area (Å²) in [6, 6.07) is 20.3. The number of hydrogen-bond acceptors (Lipinski definition) is 7. The second-order valence-electron chi connectivity index (χ2n) is 7.99. The summed E-state index contributed by atoms with van der Waals surface area (Å²) >= 11 is 0.889. The molecule has 1 N–H and O–H groups in total. The molecule has 9 heteroatoms. The summed E-state index contributed by atoms with van der Waals surface area (Å²) in [5.74, 6) is -0.466. The Balaban J connectivity index is 1.38. The third-order valence-electron chi connectivity index (χ3n) is 5.48. The van der Waals surface area contributed by atoms with Crippen LogP contribution in [0.4, 0.5) is 10.5 Å². The lowest BCUT2D eigenvalue weighted by atomic mass is 10.1. The van der Waals surface area contributed by atoms with E-state index in [0.29, 0.717) is 33.0 Å². The van der Waals surface area contributed by atoms with E-state index in [1.54, 1.807) is 80.8 Å². The van der Waals surface area contributed by atoms with Gasteiger partial charge in [-0.1, -0.05) is 24.3 Å². The zero-order valence-corrected chi connectivity index (χ0v) is 21.0. The van der Waals surface area contributed by atoms with Gasteiger partial charge in [-0.05, 0) is 84.4 Å². The molecule has 1 fully saturated rings. The highest BCUT2D eigenvalue weighted by molar-refractivity contribution is 8.18. The average molecular weight is 517 g/mol. The molecular formula is C28H24N2O6S. The number of benzene rings is 3. The number of thioether (sulfide) groups is 1. The molecule has 0 radical (unpaired) electrons. The first-order chi connectivity index (χ1) is 17.9. The van der Waals surface area contributed by atoms with Crippen molar-refractivity contribution in [3.05, 3.63) is 100.0 Å². The number of anilines is 1. The van der Waals surface area contributed by atoms with E-state index < -0.39 is 5.97 Å². The first kappa shape index (κ1) is 25.7. The van der Waals surface area contributed by atoms with E-state index in [-0.39, 0.29) is 30.2 Å². The van der Waals surface area contributed by atoms with E-state index in [0.717, 1.165) is 17.3 Å². The molecule has 0 unspecified atom stereocenters. The second kappa shape index (κ2) is 11.6. The van der Waals surface area contributed by atoms with E-state index in [1.165, 1.54) is 4.90 Å². The molecule has 37 heavy (non-hydrogen) atoms. The lowest BCUT2D eigenvalue weighted by Gasteiger charge is -2.13. The fourth-order valence-corrected chi connectivity index (χ4v) is 4.41. The molecule has 4 rings (SSSR count). The van der Waals surface area contributed by atoms with Crippen LogP contribution in [-0.2, 0) is 16.1 Å². The summed E-state index contributed by atoms with van der Waals surface area (Å²) in [5, 5.41) is 2.42. The monoisotopic (exact) mass is 516 g/mol. The van der Waals surface area contributed by atoms with Crippen molar-refractivity contribution >= 4 is 46.5 Å². The highest BCUT2D eigenvalue weighted by Crippen LogP contribution is 2.33. The molecule has 1 aliphatic rings. The summed E-state index contributed by atoms with van der Waals surface area (Å²) < 4.78 is 10.2. The molecule has 1 heterocycles. The Morgan fingerprint density at radius 1 is 0.973 bits per heavy atom. The van der Waals surface area contributed by atoms with Crippen LogP contribution in [0.25, 0.3) is 6.08 Å². The largest absolute Gasteiger partial charge is 0.497 e. The predicted octanol–water partition coefficient (Wildman–Crippen LogP) is 5.36. The van der Waals surface area contributed by atoms with Gasteiger partial charge in [0.2, 0.25) is 0 Å². The van der Waals surface area contributed by atoms with Crippen LogP contribution in [0.2, 0.25) is 0 Å². The van der Waals surface area contributed by atoms with Gasteiger partial charge in [-0.25, -0.2) is 4.79 Å². The molecule has 0 bridgehead atoms. The number of carbonyl (C=O) groups is 4. The van der Waals surface area contributed by atoms with Crippen LogP contribution in [0.3, 0.4) is 0 Å². The van der Waals surface area contributed by atoms with Gasteiger partial charge in [-0.15, -0.1) is 0 Å². The first-order valence-corrected chi connectivity index (χ1v) is 12.3. The lowest BCUT2D eigenvalue weighted by molar-refractivity contribution is -0.123. The molecule has 3 aromatic carbocycles. The number of imide groups is 1. The number of esters is 1. The molecule has 1 aliphatic heterocycles. The minimum atomic E-state index is -0.424. The Bertz CT molecular complexity index is 1370. The van der Waals surface area contributed by atoms with Crippen molar-refractivity contribution < 1.29 is 28.7 Å². The Morgan fingerprint density at radius 2 is 1.68 bits per heavy atom. The van der Waals surface area contributed by atoms with Crippen molar-refractivity contribution in [2.75, 3.05) is 19.0 Å². The van der Waals surface area contributed by atoms with Crippen molar-refractivity contribution in [2.45, 2.75) is 13.5 Å². The number of carbonyl (C=O) groups excluding carboxylic acids is 4. The summed E-state index contributed by atoms with van der Waals surface area (Å²) in [5.41, 5.74) is 2.80. The van der Waals surface area contributed by atoms with Crippen LogP contribution in [0, 0.1) is 0 Å². The Kier molecular flexibility index (Phi) is 8.05. The number of rotatable bonds is 8. The molecule has 0 saturated carbocycles. The number of nitrogens with one attached hydrogen (secondary N) is 1. The van der Waals surface area contributed by atoms with Gasteiger partial charge in [0.05, 0.1) is 30.7 Å². The summed E-state index contributed by atoms with van der Waals surface area (Å²) in [7, 11) is 1.56. The summed E-state index contributed by atoms with van der Waals surface area (Å²) in [6.07, 6.45) is 1.67. The maximum absolute atomic E-state index is 12.9. The molecule has 3 amide bonds. The van der Waals surface area contributed by atoms with Crippen LogP contribution < -0.4 is 10.1 Å². The minimum Gasteiger partial charge on any atom is -0.497 e. The summed E-state index contributed by atoms with van der Waals surface area (Å²) in [4.78, 5) is 51.2. The highest BCUT2D eigenvalue weighted by Gasteiger charge is 2.35. The SMILES string of the molecule is CCOC(=O)c1ccc(NC(=O)c2ccc(CN3C(=O)S/C(=C\c4cccc(OC)c4)C3=O)cc2)cc1. The number of methoxy groups -OCH3 is 1. The molecular weight excluding hydrogens is 492 g/mol. The Hall–Kier alpha value is -4.37. The van der Waals surface area contributed by atoms with Gasteiger partial charge >= 0.3 is 5.97 Å². The van der Waals surface area contributed by atoms with Gasteiger partial charge in [-0.3, -0.25) is 19.3 Å². The molecule has 0 atom stereocenters. The number of amides is 3. The number of nitrogens with zero attached hydrogens (tertiary/aromatic N) is 1. The molecule has 0 aliphatic carbocycles. The normalized spacial score (nSPS) is 14.1. The van der Waals surface area contributed by atoms with Crippen LogP contribution in [0.5, 0.6) is 5.75 Å². The Labute approximate surface area is 218 Å². The maximum Gasteiger partial charge on any atom is 0.338 e. The van der Waals surface area contributed by atoms with E-state index in [1.807, 2.05) is 12.1 Å². The minimum absolute atomic E-state index is 0.0946. The van der Waals surface area contributed by atoms with Crippen LogP contribution in [0.1, 0.15) is 38.8 Å². The smallest absolute Gasteiger partial charge is 0.338 e. The van der Waals surface area contributed by atoms with E-state index in [2.05, 4.69) is 5.32 Å². The standard InChI is InChI=1S/C28H24N2O6S/c1-3-36-27(33)21-11-13-22(14-12-21)29-25(31)20-9-7-18(8-10-20)17-30-26(32)24(37-28(30)34)16-19-5-4-6-23(15-19)35-2/h4-16H,3,17H2,1-2H3,(H,29,31)/b24-16-. The highest BCUT2D eigenvalue weighted by atomic mass is 32.2. The van der Waals surface area contributed by atoms with Gasteiger partial charge in [-0.2, -0.15) is 0 Å². The third kappa shape index (κ3) is 6.25. The van der Waals surface area contributed by atoms with E-state index in [4.69, 9.17) is 9.47 Å². The van der Waals surface area contributed by atoms with E-state index >= 15 is 0 Å². The van der Waals surface area contributed by atoms with Gasteiger partial charge in [0.25, 0.3) is 17.1 Å². The van der Waals surface area contributed by atoms with Gasteiger partial charge < -0.3 is 14.8 Å². The van der Waals surface area contributed by atoms with Gasteiger partial charge in [0.15, 0.2) is 0 Å². The van der Waals surface area contributed by atoms with Gasteiger partial charge in [0, 0.05) is 11.3 Å². The number of hydrogen-bond donors (Lipinski definition) is 1. The quantitative estimate of drug-likeness (QED) is 0.318. The van der Waals surface area contributed by atoms with Crippen LogP contribution in [-0.4, -0.2) is 41.6 Å². The molecule has 8 nitrogen and oxygen atoms in total. The maximum atomic E-state index is 12.9. The van der Waals surface area contributed by atoms with Crippen molar-refractivity contribution in [3.63, 3.8) is 0 Å². The van der Waals surface area contributed by atoms with E-state index in [9.17, 15) is 19.2 Å². The zero-order chi connectivity index (χ0) is 26.4. The zero-order valence-electron chi connectivity index (χ0n) is 20.2. The topological polar surface area (TPSA) is 102 Å². The van der Waals surface area contributed by atoms with Gasteiger partial charge in [0.1, 0.15) is 5.75 Å². The fourth-order valence-electron chi connectivity index (χ4n) is 3.57. The summed E-state index contributed by atoms with van der Waals surface area (Å²) in [6.45, 7) is 2.11. The first-order valence-electron chi connectivity index (χ1n) is 11.4. The van der Waals surface area contributed by atoms with Crippen LogP contribution in [0.15, 0.2) is 77.7 Å². The second-order valence-corrected chi connectivity index (χ2v) is 8.99. The fraction of sp³-hybridized carbons (Fsp3) is 0.143. The van der Waals surface area contributed by atoms with Crippen molar-refractivity contribution in [1.29, 1.82) is 0 Å². The predicted molar refractivity (Wildman–Crippen MR) is 141 cm³/mol. The van der Waals surface area contributed by atoms with Crippen molar-refractivity contribution in [1.82, 2.24) is 4.90 Å². The Morgan fingerprint density at radius 3 is 2.35 bits per heavy atom. The van der Waals surface area contributed by atoms with Crippen molar-refractivity contribution in [3.8, 4) is 5.75 Å². The average Bonchev–Trinajstić information content (AvgIpc) is 3.17. The molecule has 3 aromatic rings. The lowest BCUT2D eigenvalue weighted by Crippen LogP contribution is -2.27.